The Morgan fingerprint density at radius 2 is 2.00 bits per heavy atom. The first-order valence-corrected chi connectivity index (χ1v) is 7.42. The number of aromatic nitrogens is 1. The number of nitrogens with one attached hydrogen (secondary N) is 1. The molecule has 1 atom stereocenters. The molecular formula is C15H22F3N3. The lowest BCUT2D eigenvalue weighted by Crippen LogP contribution is -2.39. The Kier molecular flexibility index (Phi) is 5.08. The van der Waals surface area contributed by atoms with Gasteiger partial charge >= 0.3 is 6.18 Å². The summed E-state index contributed by atoms with van der Waals surface area (Å²) in [4.78, 5) is 6.33. The van der Waals surface area contributed by atoms with Crippen LogP contribution in [0.25, 0.3) is 0 Å². The van der Waals surface area contributed by atoms with Crippen molar-refractivity contribution in [3.63, 3.8) is 0 Å². The molecule has 1 fully saturated rings. The van der Waals surface area contributed by atoms with E-state index in [9.17, 15) is 13.2 Å². The first-order chi connectivity index (χ1) is 9.91. The molecular weight excluding hydrogens is 279 g/mol. The Morgan fingerprint density at radius 3 is 2.48 bits per heavy atom. The van der Waals surface area contributed by atoms with Crippen LogP contribution in [0.1, 0.15) is 38.3 Å². The number of halogens is 3. The summed E-state index contributed by atoms with van der Waals surface area (Å²) in [7, 11) is 0. The average molecular weight is 301 g/mol. The molecule has 0 aliphatic carbocycles. The molecule has 1 aliphatic rings. The van der Waals surface area contributed by atoms with Crippen molar-refractivity contribution in [3.05, 3.63) is 23.9 Å². The Morgan fingerprint density at radius 1 is 1.33 bits per heavy atom. The van der Waals surface area contributed by atoms with E-state index in [1.165, 1.54) is 0 Å². The zero-order valence-corrected chi connectivity index (χ0v) is 12.5. The predicted octanol–water partition coefficient (Wildman–Crippen LogP) is 3.53. The van der Waals surface area contributed by atoms with Crippen LogP contribution in [0.2, 0.25) is 0 Å². The Labute approximate surface area is 123 Å². The van der Waals surface area contributed by atoms with Gasteiger partial charge in [-0.25, -0.2) is 4.98 Å². The molecule has 0 bridgehead atoms. The maximum Gasteiger partial charge on any atom is 0.391 e. The summed E-state index contributed by atoms with van der Waals surface area (Å²) in [6, 6.07) is 4.12. The van der Waals surface area contributed by atoms with E-state index in [2.05, 4.69) is 17.2 Å². The van der Waals surface area contributed by atoms with Crippen molar-refractivity contribution in [2.24, 2.45) is 5.92 Å². The van der Waals surface area contributed by atoms with Gasteiger partial charge in [-0.3, -0.25) is 0 Å². The van der Waals surface area contributed by atoms with E-state index in [0.717, 1.165) is 17.9 Å². The molecule has 0 saturated carbocycles. The maximum absolute atomic E-state index is 12.6. The first kappa shape index (κ1) is 16.1. The molecule has 0 spiro atoms. The summed E-state index contributed by atoms with van der Waals surface area (Å²) >= 11 is 0. The molecule has 0 radical (unpaired) electrons. The monoisotopic (exact) mass is 301 g/mol. The number of nitrogens with zero attached hydrogens (tertiary/aromatic N) is 2. The highest BCUT2D eigenvalue weighted by atomic mass is 19.4. The molecule has 6 heteroatoms. The molecule has 2 rings (SSSR count). The van der Waals surface area contributed by atoms with Gasteiger partial charge < -0.3 is 10.2 Å². The number of hydrogen-bond acceptors (Lipinski definition) is 3. The van der Waals surface area contributed by atoms with E-state index >= 15 is 0 Å². The summed E-state index contributed by atoms with van der Waals surface area (Å²) in [5.74, 6) is -0.398. The maximum atomic E-state index is 12.6. The van der Waals surface area contributed by atoms with Crippen molar-refractivity contribution < 1.29 is 13.2 Å². The van der Waals surface area contributed by atoms with Crippen molar-refractivity contribution in [1.29, 1.82) is 0 Å². The molecule has 1 aromatic rings. The Balaban J connectivity index is 1.95. The van der Waals surface area contributed by atoms with Crippen molar-refractivity contribution in [1.82, 2.24) is 10.3 Å². The van der Waals surface area contributed by atoms with Gasteiger partial charge in [0.05, 0.1) is 5.92 Å². The second kappa shape index (κ2) is 6.64. The smallest absolute Gasteiger partial charge is 0.357 e. The van der Waals surface area contributed by atoms with Crippen molar-refractivity contribution in [3.8, 4) is 0 Å². The Bertz CT molecular complexity index is 436. The molecule has 1 N–H and O–H groups in total. The van der Waals surface area contributed by atoms with Crippen molar-refractivity contribution >= 4 is 5.82 Å². The van der Waals surface area contributed by atoms with Crippen LogP contribution in [-0.2, 0) is 0 Å². The predicted molar refractivity (Wildman–Crippen MR) is 77.3 cm³/mol. The second-order valence-corrected chi connectivity index (χ2v) is 5.53. The van der Waals surface area contributed by atoms with E-state index in [-0.39, 0.29) is 18.9 Å². The summed E-state index contributed by atoms with van der Waals surface area (Å²) in [6.45, 7) is 5.82. The van der Waals surface area contributed by atoms with Crippen LogP contribution < -0.4 is 10.2 Å². The van der Waals surface area contributed by atoms with Crippen LogP contribution in [0.5, 0.6) is 0 Å². The van der Waals surface area contributed by atoms with Gasteiger partial charge in [-0.1, -0.05) is 13.0 Å². The van der Waals surface area contributed by atoms with Crippen LogP contribution in [0.15, 0.2) is 18.3 Å². The lowest BCUT2D eigenvalue weighted by molar-refractivity contribution is -0.179. The van der Waals surface area contributed by atoms with Gasteiger partial charge in [0.1, 0.15) is 5.82 Å². The lowest BCUT2D eigenvalue weighted by atomic mass is 9.96. The SMILES string of the molecule is CCNC(C)c1ccc(N2CCC(C(F)(F)F)CC2)nc1. The minimum absolute atomic E-state index is 0.153. The number of alkyl halides is 3. The molecule has 1 aliphatic heterocycles. The summed E-state index contributed by atoms with van der Waals surface area (Å²) in [5, 5.41) is 3.30. The fraction of sp³-hybridized carbons (Fsp3) is 0.667. The standard InChI is InChI=1S/C15H22F3N3/c1-3-19-11(2)12-4-5-14(20-10-12)21-8-6-13(7-9-21)15(16,17)18/h4-5,10-11,13,19H,3,6-9H2,1-2H3. The number of hydrogen-bond donors (Lipinski definition) is 1. The van der Waals surface area contributed by atoms with Gasteiger partial charge in [-0.05, 0) is 37.9 Å². The molecule has 21 heavy (non-hydrogen) atoms. The molecule has 3 nitrogen and oxygen atoms in total. The molecule has 0 amide bonds. The van der Waals surface area contributed by atoms with Gasteiger partial charge in [0.15, 0.2) is 0 Å². The third kappa shape index (κ3) is 4.09. The van der Waals surface area contributed by atoms with Crippen molar-refractivity contribution in [2.45, 2.75) is 38.9 Å². The molecule has 1 saturated heterocycles. The Hall–Kier alpha value is -1.30. The molecule has 2 heterocycles. The summed E-state index contributed by atoms with van der Waals surface area (Å²) < 4.78 is 37.9. The van der Waals surface area contributed by atoms with Crippen LogP contribution in [0, 0.1) is 5.92 Å². The van der Waals surface area contributed by atoms with Crippen LogP contribution in [-0.4, -0.2) is 30.8 Å². The highest BCUT2D eigenvalue weighted by molar-refractivity contribution is 5.40. The fourth-order valence-electron chi connectivity index (χ4n) is 2.70. The largest absolute Gasteiger partial charge is 0.391 e. The van der Waals surface area contributed by atoms with Crippen molar-refractivity contribution in [2.75, 3.05) is 24.5 Å². The minimum Gasteiger partial charge on any atom is -0.357 e. The van der Waals surface area contributed by atoms with E-state index in [1.807, 2.05) is 24.0 Å². The normalized spacial score (nSPS) is 18.8. The number of pyridine rings is 1. The number of piperidine rings is 1. The zero-order chi connectivity index (χ0) is 15.5. The van der Waals surface area contributed by atoms with E-state index in [4.69, 9.17) is 0 Å². The summed E-state index contributed by atoms with van der Waals surface area (Å²) in [5.41, 5.74) is 1.09. The topological polar surface area (TPSA) is 28.2 Å². The quantitative estimate of drug-likeness (QED) is 0.922. The molecule has 1 unspecified atom stereocenters. The van der Waals surface area contributed by atoms with Gasteiger partial charge in [-0.15, -0.1) is 0 Å². The number of rotatable bonds is 4. The van der Waals surface area contributed by atoms with E-state index in [0.29, 0.717) is 13.1 Å². The third-order valence-electron chi connectivity index (χ3n) is 4.06. The number of anilines is 1. The van der Waals surface area contributed by atoms with E-state index < -0.39 is 12.1 Å². The van der Waals surface area contributed by atoms with Crippen LogP contribution in [0.3, 0.4) is 0 Å². The highest BCUT2D eigenvalue weighted by Gasteiger charge is 2.41. The zero-order valence-electron chi connectivity index (χ0n) is 12.5. The van der Waals surface area contributed by atoms with Gasteiger partial charge in [0.2, 0.25) is 0 Å². The molecule has 118 valence electrons. The van der Waals surface area contributed by atoms with Gasteiger partial charge in [0, 0.05) is 25.3 Å². The van der Waals surface area contributed by atoms with Crippen LogP contribution in [0.4, 0.5) is 19.0 Å². The highest BCUT2D eigenvalue weighted by Crippen LogP contribution is 2.35. The first-order valence-electron chi connectivity index (χ1n) is 7.42. The average Bonchev–Trinajstić information content (AvgIpc) is 2.47. The lowest BCUT2D eigenvalue weighted by Gasteiger charge is -2.33. The molecule has 1 aromatic heterocycles. The summed E-state index contributed by atoms with van der Waals surface area (Å²) in [6.07, 6.45) is -1.95. The molecule has 0 aromatic carbocycles. The van der Waals surface area contributed by atoms with E-state index in [1.54, 1.807) is 6.20 Å². The van der Waals surface area contributed by atoms with Gasteiger partial charge in [-0.2, -0.15) is 13.2 Å². The second-order valence-electron chi connectivity index (χ2n) is 5.53. The fourth-order valence-corrected chi connectivity index (χ4v) is 2.70. The third-order valence-corrected chi connectivity index (χ3v) is 4.06. The van der Waals surface area contributed by atoms with Crippen LogP contribution >= 0.6 is 0 Å². The minimum atomic E-state index is -4.06. The van der Waals surface area contributed by atoms with Gasteiger partial charge in [0.25, 0.3) is 0 Å².